The third-order valence-electron chi connectivity index (χ3n) is 4.62. The molecule has 0 saturated carbocycles. The van der Waals surface area contributed by atoms with Crippen LogP contribution in [0, 0.1) is 12.8 Å². The summed E-state index contributed by atoms with van der Waals surface area (Å²) >= 11 is 0. The van der Waals surface area contributed by atoms with Crippen LogP contribution in [0.15, 0.2) is 48.5 Å². The summed E-state index contributed by atoms with van der Waals surface area (Å²) < 4.78 is 5.57. The van der Waals surface area contributed by atoms with Gasteiger partial charge in [0.05, 0.1) is 17.0 Å². The minimum absolute atomic E-state index is 0.00482. The summed E-state index contributed by atoms with van der Waals surface area (Å²) in [5, 5.41) is 0. The van der Waals surface area contributed by atoms with E-state index in [-0.39, 0.29) is 18.4 Å². The number of aryl methyl sites for hydroxylation is 1. The summed E-state index contributed by atoms with van der Waals surface area (Å²) in [5.41, 5.74) is 2.19. The van der Waals surface area contributed by atoms with Gasteiger partial charge in [0.1, 0.15) is 5.60 Å². The summed E-state index contributed by atoms with van der Waals surface area (Å²) in [6.45, 7) is 7.39. The molecule has 2 amide bonds. The molecule has 1 aliphatic rings. The molecular formula is C23H25NO4. The number of hydrogen-bond acceptors (Lipinski definition) is 4. The second-order valence-electron chi connectivity index (χ2n) is 8.19. The van der Waals surface area contributed by atoms with Gasteiger partial charge in [0.25, 0.3) is 11.8 Å². The van der Waals surface area contributed by atoms with Crippen LogP contribution in [0.2, 0.25) is 0 Å². The molecule has 146 valence electrons. The minimum Gasteiger partial charge on any atom is -0.460 e. The van der Waals surface area contributed by atoms with Gasteiger partial charge in [-0.2, -0.15) is 0 Å². The average molecular weight is 379 g/mol. The van der Waals surface area contributed by atoms with Gasteiger partial charge >= 0.3 is 5.97 Å². The number of rotatable bonds is 5. The molecule has 1 atom stereocenters. The lowest BCUT2D eigenvalue weighted by molar-refractivity contribution is -0.160. The van der Waals surface area contributed by atoms with Crippen LogP contribution in [0.4, 0.5) is 0 Å². The molecule has 5 heteroatoms. The average Bonchev–Trinajstić information content (AvgIpc) is 2.86. The van der Waals surface area contributed by atoms with Gasteiger partial charge < -0.3 is 4.74 Å². The maximum Gasteiger partial charge on any atom is 0.311 e. The number of imide groups is 1. The lowest BCUT2D eigenvalue weighted by atomic mass is 9.97. The van der Waals surface area contributed by atoms with E-state index in [0.717, 1.165) is 16.0 Å². The van der Waals surface area contributed by atoms with E-state index < -0.39 is 17.5 Å². The quantitative estimate of drug-likeness (QED) is 0.586. The number of carbonyl (C=O) groups is 3. The molecule has 2 aromatic carbocycles. The number of carbonyl (C=O) groups excluding carboxylic acids is 3. The second-order valence-corrected chi connectivity index (χ2v) is 8.19. The third-order valence-corrected chi connectivity index (χ3v) is 4.62. The molecule has 0 radical (unpaired) electrons. The largest absolute Gasteiger partial charge is 0.460 e. The highest BCUT2D eigenvalue weighted by molar-refractivity contribution is 6.21. The van der Waals surface area contributed by atoms with Gasteiger partial charge in [-0.3, -0.25) is 19.3 Å². The van der Waals surface area contributed by atoms with Crippen LogP contribution in [0.3, 0.4) is 0 Å². The monoisotopic (exact) mass is 379 g/mol. The molecule has 28 heavy (non-hydrogen) atoms. The van der Waals surface area contributed by atoms with E-state index in [4.69, 9.17) is 4.74 Å². The van der Waals surface area contributed by atoms with Crippen LogP contribution in [-0.4, -0.2) is 34.8 Å². The van der Waals surface area contributed by atoms with Crippen molar-refractivity contribution in [2.45, 2.75) is 39.7 Å². The van der Waals surface area contributed by atoms with Gasteiger partial charge in [0, 0.05) is 6.54 Å². The number of benzene rings is 2. The fourth-order valence-electron chi connectivity index (χ4n) is 3.24. The van der Waals surface area contributed by atoms with E-state index in [1.165, 1.54) is 0 Å². The van der Waals surface area contributed by atoms with Gasteiger partial charge in [0.15, 0.2) is 0 Å². The van der Waals surface area contributed by atoms with E-state index in [1.54, 1.807) is 45.0 Å². The maximum absolute atomic E-state index is 12.8. The molecule has 5 nitrogen and oxygen atoms in total. The summed E-state index contributed by atoms with van der Waals surface area (Å²) in [6.07, 6.45) is 0.391. The number of nitrogens with zero attached hydrogens (tertiary/aromatic N) is 1. The Morgan fingerprint density at radius 2 is 1.50 bits per heavy atom. The molecule has 1 aliphatic heterocycles. The number of hydrogen-bond donors (Lipinski definition) is 0. The third kappa shape index (κ3) is 4.30. The molecular weight excluding hydrogens is 354 g/mol. The van der Waals surface area contributed by atoms with Crippen LogP contribution in [-0.2, 0) is 16.0 Å². The van der Waals surface area contributed by atoms with Crippen molar-refractivity contribution in [3.63, 3.8) is 0 Å². The number of ether oxygens (including phenoxy) is 1. The molecule has 2 aromatic rings. The first-order valence-corrected chi connectivity index (χ1v) is 9.39. The highest BCUT2D eigenvalue weighted by Crippen LogP contribution is 2.25. The highest BCUT2D eigenvalue weighted by Gasteiger charge is 2.38. The van der Waals surface area contributed by atoms with Crippen LogP contribution in [0.1, 0.15) is 52.6 Å². The van der Waals surface area contributed by atoms with E-state index in [1.807, 2.05) is 31.2 Å². The molecule has 0 aromatic heterocycles. The fourth-order valence-corrected chi connectivity index (χ4v) is 3.24. The second kappa shape index (κ2) is 7.58. The van der Waals surface area contributed by atoms with Gasteiger partial charge in [-0.15, -0.1) is 0 Å². The first-order valence-electron chi connectivity index (χ1n) is 9.39. The van der Waals surface area contributed by atoms with Crippen LogP contribution in [0.25, 0.3) is 0 Å². The van der Waals surface area contributed by atoms with Crippen LogP contribution in [0.5, 0.6) is 0 Å². The fraction of sp³-hybridized carbons (Fsp3) is 0.348. The first-order chi connectivity index (χ1) is 13.2. The maximum atomic E-state index is 12.8. The Labute approximate surface area is 165 Å². The normalized spacial score (nSPS) is 14.8. The molecule has 0 N–H and O–H groups in total. The lowest BCUT2D eigenvalue weighted by Crippen LogP contribution is -2.40. The zero-order valence-corrected chi connectivity index (χ0v) is 16.7. The SMILES string of the molecule is Cc1ccc(CC(CN2C(=O)c3ccccc3C2=O)C(=O)OC(C)(C)C)cc1. The predicted molar refractivity (Wildman–Crippen MR) is 106 cm³/mol. The minimum atomic E-state index is -0.648. The summed E-state index contributed by atoms with van der Waals surface area (Å²) in [7, 11) is 0. The van der Waals surface area contributed by atoms with Gasteiger partial charge in [-0.05, 0) is 51.8 Å². The van der Waals surface area contributed by atoms with Crippen LogP contribution >= 0.6 is 0 Å². The first kappa shape index (κ1) is 19.8. The topological polar surface area (TPSA) is 63.7 Å². The number of esters is 1. The summed E-state index contributed by atoms with van der Waals surface area (Å²) in [4.78, 5) is 39.4. The smallest absolute Gasteiger partial charge is 0.311 e. The zero-order chi connectivity index (χ0) is 20.5. The summed E-state index contributed by atoms with van der Waals surface area (Å²) in [5.74, 6) is -1.77. The zero-order valence-electron chi connectivity index (χ0n) is 16.7. The van der Waals surface area contributed by atoms with Crippen molar-refractivity contribution in [2.75, 3.05) is 6.54 Å². The molecule has 1 unspecified atom stereocenters. The summed E-state index contributed by atoms with van der Waals surface area (Å²) in [6, 6.07) is 14.6. The van der Waals surface area contributed by atoms with Gasteiger partial charge in [-0.1, -0.05) is 42.0 Å². The standard InChI is InChI=1S/C23H25NO4/c1-15-9-11-16(12-10-15)13-17(22(27)28-23(2,3)4)14-24-20(25)18-7-5-6-8-19(18)21(24)26/h5-12,17H,13-14H2,1-4H3. The van der Waals surface area contributed by atoms with Crippen molar-refractivity contribution < 1.29 is 19.1 Å². The Morgan fingerprint density at radius 1 is 0.964 bits per heavy atom. The van der Waals surface area contributed by atoms with E-state index >= 15 is 0 Å². The Hall–Kier alpha value is -2.95. The number of amides is 2. The van der Waals surface area contributed by atoms with Gasteiger partial charge in [-0.25, -0.2) is 0 Å². The van der Waals surface area contributed by atoms with Crippen molar-refractivity contribution in [3.05, 3.63) is 70.8 Å². The van der Waals surface area contributed by atoms with Crippen molar-refractivity contribution >= 4 is 17.8 Å². The van der Waals surface area contributed by atoms with Crippen molar-refractivity contribution in [3.8, 4) is 0 Å². The van der Waals surface area contributed by atoms with Gasteiger partial charge in [0.2, 0.25) is 0 Å². The molecule has 0 saturated heterocycles. The van der Waals surface area contributed by atoms with E-state index in [9.17, 15) is 14.4 Å². The molecule has 0 spiro atoms. The van der Waals surface area contributed by atoms with Crippen molar-refractivity contribution in [2.24, 2.45) is 5.92 Å². The highest BCUT2D eigenvalue weighted by atomic mass is 16.6. The molecule has 0 aliphatic carbocycles. The Morgan fingerprint density at radius 3 is 2.00 bits per heavy atom. The predicted octanol–water partition coefficient (Wildman–Crippen LogP) is 3.79. The lowest BCUT2D eigenvalue weighted by Gasteiger charge is -2.26. The van der Waals surface area contributed by atoms with E-state index in [2.05, 4.69) is 0 Å². The Balaban J connectivity index is 1.85. The van der Waals surface area contributed by atoms with Crippen molar-refractivity contribution in [1.29, 1.82) is 0 Å². The van der Waals surface area contributed by atoms with Crippen LogP contribution < -0.4 is 0 Å². The molecule has 3 rings (SSSR count). The van der Waals surface area contributed by atoms with E-state index in [0.29, 0.717) is 17.5 Å². The molecule has 1 heterocycles. The number of fused-ring (bicyclic) bond motifs is 1. The molecule has 0 fully saturated rings. The van der Waals surface area contributed by atoms with Crippen molar-refractivity contribution in [1.82, 2.24) is 4.90 Å². The molecule has 0 bridgehead atoms. The Bertz CT molecular complexity index is 874. The Kier molecular flexibility index (Phi) is 5.36.